The minimum absolute atomic E-state index is 0. The van der Waals surface area contributed by atoms with E-state index in [-0.39, 0.29) is 24.0 Å². The van der Waals surface area contributed by atoms with E-state index in [0.717, 1.165) is 30.1 Å². The molecule has 1 aliphatic rings. The Morgan fingerprint density at radius 3 is 2.53 bits per heavy atom. The van der Waals surface area contributed by atoms with E-state index >= 15 is 0 Å². The largest absolute Gasteiger partial charge is 0.357 e. The topological polar surface area (TPSA) is 27.6 Å². The minimum Gasteiger partial charge on any atom is -0.357 e. The first-order chi connectivity index (χ1) is 6.74. The van der Waals surface area contributed by atoms with Gasteiger partial charge in [-0.05, 0) is 19.8 Å². The predicted molar refractivity (Wildman–Crippen MR) is 80.3 cm³/mol. The molecule has 1 rings (SSSR count). The minimum atomic E-state index is 0. The van der Waals surface area contributed by atoms with Crippen LogP contribution >= 0.6 is 39.9 Å². The van der Waals surface area contributed by atoms with Crippen LogP contribution in [0.1, 0.15) is 19.8 Å². The summed E-state index contributed by atoms with van der Waals surface area (Å²) in [6.45, 7) is 9.69. The fourth-order valence-corrected chi connectivity index (χ4v) is 1.64. The lowest BCUT2D eigenvalue weighted by molar-refractivity contribution is 0.495. The Balaban J connectivity index is 0.00000196. The smallest absolute Gasteiger partial charge is 0.194 e. The number of nitrogens with zero attached hydrogens (tertiary/aromatic N) is 2. The van der Waals surface area contributed by atoms with E-state index in [1.165, 1.54) is 12.8 Å². The lowest BCUT2D eigenvalue weighted by atomic mass is 10.4. The normalized spacial score (nSPS) is 16.1. The van der Waals surface area contributed by atoms with Crippen molar-refractivity contribution >= 4 is 45.9 Å². The zero-order valence-electron chi connectivity index (χ0n) is 9.13. The number of hydrogen-bond acceptors (Lipinski definition) is 1. The molecule has 0 bridgehead atoms. The molecule has 0 atom stereocenters. The SMILES string of the molecule is C=C(Br)CN=C(NCC)N1CCCC1.I. The van der Waals surface area contributed by atoms with Crippen LogP contribution in [0.25, 0.3) is 0 Å². The summed E-state index contributed by atoms with van der Waals surface area (Å²) in [5, 5.41) is 3.29. The molecule has 88 valence electrons. The highest BCUT2D eigenvalue weighted by molar-refractivity contribution is 14.0. The molecule has 1 saturated heterocycles. The molecule has 0 aromatic carbocycles. The molecule has 0 unspecified atom stereocenters. The van der Waals surface area contributed by atoms with E-state index in [0.29, 0.717) is 6.54 Å². The third-order valence-electron chi connectivity index (χ3n) is 2.14. The van der Waals surface area contributed by atoms with Gasteiger partial charge in [0.15, 0.2) is 5.96 Å². The third kappa shape index (κ3) is 5.75. The summed E-state index contributed by atoms with van der Waals surface area (Å²) < 4.78 is 0.923. The van der Waals surface area contributed by atoms with Crippen LogP contribution in [0.4, 0.5) is 0 Å². The molecule has 0 saturated carbocycles. The molecule has 1 fully saturated rings. The van der Waals surface area contributed by atoms with Crippen molar-refractivity contribution in [3.8, 4) is 0 Å². The maximum Gasteiger partial charge on any atom is 0.194 e. The maximum atomic E-state index is 4.48. The van der Waals surface area contributed by atoms with Crippen LogP contribution in [0.2, 0.25) is 0 Å². The standard InChI is InChI=1S/C10H18BrN3.HI/c1-3-12-10(13-8-9(2)11)14-6-4-5-7-14;/h2-8H2,1H3,(H,12,13);1H. The zero-order valence-corrected chi connectivity index (χ0v) is 13.0. The van der Waals surface area contributed by atoms with E-state index in [1.54, 1.807) is 0 Å². The van der Waals surface area contributed by atoms with Crippen LogP contribution in [0, 0.1) is 0 Å². The van der Waals surface area contributed by atoms with E-state index < -0.39 is 0 Å². The lowest BCUT2D eigenvalue weighted by Crippen LogP contribution is -2.39. The summed E-state index contributed by atoms with van der Waals surface area (Å²) in [5.74, 6) is 1.02. The van der Waals surface area contributed by atoms with E-state index in [2.05, 4.69) is 44.6 Å². The Morgan fingerprint density at radius 1 is 1.47 bits per heavy atom. The van der Waals surface area contributed by atoms with Crippen LogP contribution in [0.5, 0.6) is 0 Å². The van der Waals surface area contributed by atoms with E-state index in [9.17, 15) is 0 Å². The van der Waals surface area contributed by atoms with Crippen molar-refractivity contribution in [3.05, 3.63) is 11.1 Å². The van der Waals surface area contributed by atoms with Crippen LogP contribution in [-0.4, -0.2) is 37.0 Å². The third-order valence-corrected chi connectivity index (χ3v) is 2.39. The van der Waals surface area contributed by atoms with Gasteiger partial charge in [-0.2, -0.15) is 0 Å². The predicted octanol–water partition coefficient (Wildman–Crippen LogP) is 2.57. The fourth-order valence-electron chi connectivity index (χ4n) is 1.52. The average molecular weight is 388 g/mol. The Kier molecular flexibility index (Phi) is 8.50. The molecule has 1 N–H and O–H groups in total. The first kappa shape index (κ1) is 15.2. The number of rotatable bonds is 3. The molecule has 15 heavy (non-hydrogen) atoms. The molecule has 5 heteroatoms. The van der Waals surface area contributed by atoms with Gasteiger partial charge in [-0.15, -0.1) is 24.0 Å². The van der Waals surface area contributed by atoms with E-state index in [4.69, 9.17) is 0 Å². The number of hydrogen-bond donors (Lipinski definition) is 1. The highest BCUT2D eigenvalue weighted by atomic mass is 127. The first-order valence-corrected chi connectivity index (χ1v) is 5.90. The summed E-state index contributed by atoms with van der Waals surface area (Å²) in [4.78, 5) is 6.79. The molecule has 1 heterocycles. The Labute approximate surface area is 118 Å². The van der Waals surface area contributed by atoms with Crippen molar-refractivity contribution in [2.75, 3.05) is 26.2 Å². The van der Waals surface area contributed by atoms with Gasteiger partial charge in [-0.1, -0.05) is 22.5 Å². The molecule has 0 spiro atoms. The summed E-state index contributed by atoms with van der Waals surface area (Å²) >= 11 is 3.31. The highest BCUT2D eigenvalue weighted by Gasteiger charge is 2.14. The van der Waals surface area contributed by atoms with Crippen LogP contribution in [-0.2, 0) is 0 Å². The number of likely N-dealkylation sites (tertiary alicyclic amines) is 1. The molecule has 0 amide bonds. The summed E-state index contributed by atoms with van der Waals surface area (Å²) in [7, 11) is 0. The molecule has 3 nitrogen and oxygen atoms in total. The summed E-state index contributed by atoms with van der Waals surface area (Å²) in [5.41, 5.74) is 0. The molecule has 0 aromatic heterocycles. The van der Waals surface area contributed by atoms with Gasteiger partial charge in [-0.25, -0.2) is 4.99 Å². The molecule has 0 radical (unpaired) electrons. The van der Waals surface area contributed by atoms with Crippen LogP contribution in [0.3, 0.4) is 0 Å². The van der Waals surface area contributed by atoms with Gasteiger partial charge in [0.05, 0.1) is 6.54 Å². The number of halogens is 2. The second-order valence-electron chi connectivity index (χ2n) is 3.38. The Morgan fingerprint density at radius 2 is 2.07 bits per heavy atom. The van der Waals surface area contributed by atoms with Gasteiger partial charge >= 0.3 is 0 Å². The Bertz CT molecular complexity index is 225. The van der Waals surface area contributed by atoms with E-state index in [1.807, 2.05) is 0 Å². The summed E-state index contributed by atoms with van der Waals surface area (Å²) in [6, 6.07) is 0. The second-order valence-corrected chi connectivity index (χ2v) is 4.50. The van der Waals surface area contributed by atoms with Crippen molar-refractivity contribution in [3.63, 3.8) is 0 Å². The molecular formula is C10H19BrIN3. The van der Waals surface area contributed by atoms with Crippen LogP contribution in [0.15, 0.2) is 16.1 Å². The molecular weight excluding hydrogens is 369 g/mol. The fraction of sp³-hybridized carbons (Fsp3) is 0.700. The van der Waals surface area contributed by atoms with Gasteiger partial charge in [0.1, 0.15) is 0 Å². The number of aliphatic imine (C=N–C) groups is 1. The molecule has 0 aromatic rings. The molecule has 0 aliphatic carbocycles. The van der Waals surface area contributed by atoms with Gasteiger partial charge < -0.3 is 10.2 Å². The van der Waals surface area contributed by atoms with Crippen molar-refractivity contribution < 1.29 is 0 Å². The maximum absolute atomic E-state index is 4.48. The van der Waals surface area contributed by atoms with Gasteiger partial charge in [-0.3, -0.25) is 0 Å². The first-order valence-electron chi connectivity index (χ1n) is 5.10. The zero-order chi connectivity index (χ0) is 10.4. The highest BCUT2D eigenvalue weighted by Crippen LogP contribution is 2.08. The van der Waals surface area contributed by atoms with Crippen molar-refractivity contribution in [1.29, 1.82) is 0 Å². The van der Waals surface area contributed by atoms with Gasteiger partial charge in [0, 0.05) is 24.1 Å². The van der Waals surface area contributed by atoms with Crippen LogP contribution < -0.4 is 5.32 Å². The quantitative estimate of drug-likeness (QED) is 0.458. The van der Waals surface area contributed by atoms with Gasteiger partial charge in [0.2, 0.25) is 0 Å². The number of guanidine groups is 1. The second kappa shape index (κ2) is 8.38. The van der Waals surface area contributed by atoms with Gasteiger partial charge in [0.25, 0.3) is 0 Å². The van der Waals surface area contributed by atoms with Crippen molar-refractivity contribution in [1.82, 2.24) is 10.2 Å². The summed E-state index contributed by atoms with van der Waals surface area (Å²) in [6.07, 6.45) is 2.55. The molecule has 1 aliphatic heterocycles. The lowest BCUT2D eigenvalue weighted by Gasteiger charge is -2.20. The number of nitrogens with one attached hydrogen (secondary N) is 1. The van der Waals surface area contributed by atoms with Crippen molar-refractivity contribution in [2.24, 2.45) is 4.99 Å². The average Bonchev–Trinajstić information content (AvgIpc) is 2.64. The van der Waals surface area contributed by atoms with Crippen molar-refractivity contribution in [2.45, 2.75) is 19.8 Å². The monoisotopic (exact) mass is 387 g/mol. The Hall–Kier alpha value is 0.220.